The molecule has 3 aromatic rings. The lowest BCUT2D eigenvalue weighted by atomic mass is 10.0. The van der Waals surface area contributed by atoms with Crippen LogP contribution in [-0.2, 0) is 32.6 Å². The smallest absolute Gasteiger partial charge is 0.244 e. The maximum atomic E-state index is 14.0. The van der Waals surface area contributed by atoms with E-state index in [1.807, 2.05) is 57.2 Å². The molecular weight excluding hydrogens is 522 g/mol. The van der Waals surface area contributed by atoms with E-state index in [0.717, 1.165) is 27.3 Å². The highest BCUT2D eigenvalue weighted by Gasteiger charge is 2.33. The van der Waals surface area contributed by atoms with Crippen LogP contribution in [0.3, 0.4) is 0 Å². The Morgan fingerprint density at radius 1 is 0.947 bits per heavy atom. The Bertz CT molecular complexity index is 1380. The summed E-state index contributed by atoms with van der Waals surface area (Å²) >= 11 is 6.44. The fourth-order valence-corrected chi connectivity index (χ4v) is 5.19. The van der Waals surface area contributed by atoms with Crippen LogP contribution < -0.4 is 9.62 Å². The van der Waals surface area contributed by atoms with E-state index in [9.17, 15) is 18.0 Å². The number of carbonyl (C=O) groups is 2. The van der Waals surface area contributed by atoms with E-state index in [1.54, 1.807) is 36.4 Å². The Kier molecular flexibility index (Phi) is 9.94. The zero-order chi connectivity index (χ0) is 27.9. The van der Waals surface area contributed by atoms with Gasteiger partial charge in [-0.05, 0) is 61.2 Å². The van der Waals surface area contributed by atoms with Crippen LogP contribution >= 0.6 is 11.6 Å². The number of hydrogen-bond acceptors (Lipinski definition) is 4. The van der Waals surface area contributed by atoms with Crippen molar-refractivity contribution in [1.29, 1.82) is 0 Å². The van der Waals surface area contributed by atoms with Gasteiger partial charge in [-0.25, -0.2) is 8.42 Å². The maximum Gasteiger partial charge on any atom is 0.244 e. The van der Waals surface area contributed by atoms with E-state index in [4.69, 9.17) is 11.6 Å². The second kappa shape index (κ2) is 12.9. The van der Waals surface area contributed by atoms with Gasteiger partial charge in [0.2, 0.25) is 21.8 Å². The van der Waals surface area contributed by atoms with Gasteiger partial charge in [0.15, 0.2) is 0 Å². The molecule has 1 atom stereocenters. The maximum absolute atomic E-state index is 14.0. The molecule has 0 fully saturated rings. The minimum Gasteiger partial charge on any atom is -0.355 e. The first-order valence-electron chi connectivity index (χ1n) is 12.4. The molecule has 3 rings (SSSR count). The van der Waals surface area contributed by atoms with Crippen molar-refractivity contribution in [3.63, 3.8) is 0 Å². The molecule has 0 unspecified atom stereocenters. The van der Waals surface area contributed by atoms with Crippen molar-refractivity contribution in [3.05, 3.63) is 100 Å². The molecule has 0 aliphatic heterocycles. The second-order valence-electron chi connectivity index (χ2n) is 9.25. The molecular formula is C29H34ClN3O4S. The molecule has 2 amide bonds. The number of rotatable bonds is 11. The average molecular weight is 556 g/mol. The molecule has 0 radical (unpaired) electrons. The number of likely N-dealkylation sites (N-methyl/N-ethyl adjacent to an activating group) is 1. The van der Waals surface area contributed by atoms with Gasteiger partial charge in [-0.15, -0.1) is 0 Å². The van der Waals surface area contributed by atoms with Crippen molar-refractivity contribution in [2.24, 2.45) is 0 Å². The van der Waals surface area contributed by atoms with Crippen LogP contribution in [0.1, 0.15) is 29.2 Å². The molecule has 0 heterocycles. The van der Waals surface area contributed by atoms with E-state index in [2.05, 4.69) is 5.32 Å². The predicted octanol–water partition coefficient (Wildman–Crippen LogP) is 4.50. The molecule has 0 aliphatic carbocycles. The quantitative estimate of drug-likeness (QED) is 0.377. The van der Waals surface area contributed by atoms with Crippen LogP contribution in [0.15, 0.2) is 72.8 Å². The van der Waals surface area contributed by atoms with Gasteiger partial charge in [-0.2, -0.15) is 0 Å². The summed E-state index contributed by atoms with van der Waals surface area (Å²) < 4.78 is 26.8. The molecule has 202 valence electrons. The number of hydrogen-bond donors (Lipinski definition) is 1. The molecule has 7 nitrogen and oxygen atoms in total. The van der Waals surface area contributed by atoms with E-state index in [1.165, 1.54) is 4.90 Å². The number of nitrogens with zero attached hydrogens (tertiary/aromatic N) is 2. The average Bonchev–Trinajstić information content (AvgIpc) is 2.87. The second-order valence-corrected chi connectivity index (χ2v) is 11.6. The van der Waals surface area contributed by atoms with E-state index in [0.29, 0.717) is 22.8 Å². The molecule has 1 N–H and O–H groups in total. The van der Waals surface area contributed by atoms with Crippen LogP contribution in [-0.4, -0.2) is 50.5 Å². The molecule has 38 heavy (non-hydrogen) atoms. The van der Waals surface area contributed by atoms with Gasteiger partial charge in [0.1, 0.15) is 12.6 Å². The van der Waals surface area contributed by atoms with Crippen LogP contribution in [0, 0.1) is 13.8 Å². The van der Waals surface area contributed by atoms with Crippen molar-refractivity contribution in [2.75, 3.05) is 23.7 Å². The van der Waals surface area contributed by atoms with E-state index in [-0.39, 0.29) is 18.9 Å². The van der Waals surface area contributed by atoms with Gasteiger partial charge >= 0.3 is 0 Å². The Morgan fingerprint density at radius 3 is 2.21 bits per heavy atom. The highest BCUT2D eigenvalue weighted by atomic mass is 35.5. The highest BCUT2D eigenvalue weighted by molar-refractivity contribution is 7.92. The summed E-state index contributed by atoms with van der Waals surface area (Å²) in [6.45, 7) is 5.59. The summed E-state index contributed by atoms with van der Waals surface area (Å²) in [5.74, 6) is -0.838. The fraction of sp³-hybridized carbons (Fsp3) is 0.310. The van der Waals surface area contributed by atoms with Crippen LogP contribution in [0.4, 0.5) is 5.69 Å². The Labute approximate surface area is 230 Å². The summed E-state index contributed by atoms with van der Waals surface area (Å²) in [6.07, 6.45) is 1.32. The van der Waals surface area contributed by atoms with Crippen molar-refractivity contribution in [1.82, 2.24) is 10.2 Å². The molecule has 0 aromatic heterocycles. The lowest BCUT2D eigenvalue weighted by Gasteiger charge is -2.33. The lowest BCUT2D eigenvalue weighted by Crippen LogP contribution is -2.53. The molecule has 0 saturated carbocycles. The normalized spacial score (nSPS) is 12.0. The van der Waals surface area contributed by atoms with Gasteiger partial charge in [0.25, 0.3) is 0 Å². The number of carbonyl (C=O) groups excluding carboxylic acids is 2. The van der Waals surface area contributed by atoms with Crippen molar-refractivity contribution in [3.8, 4) is 0 Å². The molecule has 3 aromatic carbocycles. The van der Waals surface area contributed by atoms with Gasteiger partial charge in [0.05, 0.1) is 11.9 Å². The predicted molar refractivity (Wildman–Crippen MR) is 153 cm³/mol. The van der Waals surface area contributed by atoms with Crippen molar-refractivity contribution >= 4 is 39.1 Å². The summed E-state index contributed by atoms with van der Waals surface area (Å²) in [5.41, 5.74) is 3.82. The zero-order valence-electron chi connectivity index (χ0n) is 22.1. The number of anilines is 1. The number of amides is 2. The Hall–Kier alpha value is -3.36. The molecule has 0 bridgehead atoms. The van der Waals surface area contributed by atoms with E-state index < -0.39 is 28.5 Å². The van der Waals surface area contributed by atoms with Crippen molar-refractivity contribution in [2.45, 2.75) is 39.8 Å². The molecule has 0 aliphatic rings. The number of aryl methyl sites for hydroxylation is 2. The summed E-state index contributed by atoms with van der Waals surface area (Å²) in [6, 6.07) is 20.9. The Morgan fingerprint density at radius 2 is 1.61 bits per heavy atom. The summed E-state index contributed by atoms with van der Waals surface area (Å²) in [7, 11) is -3.81. The van der Waals surface area contributed by atoms with Crippen LogP contribution in [0.5, 0.6) is 0 Å². The number of halogens is 1. The van der Waals surface area contributed by atoms with Crippen LogP contribution in [0.25, 0.3) is 0 Å². The first kappa shape index (κ1) is 29.2. The third-order valence-corrected chi connectivity index (χ3v) is 7.89. The van der Waals surface area contributed by atoms with Gasteiger partial charge < -0.3 is 10.2 Å². The third-order valence-electron chi connectivity index (χ3n) is 6.38. The van der Waals surface area contributed by atoms with Crippen molar-refractivity contribution < 1.29 is 18.0 Å². The Balaban J connectivity index is 2.06. The third kappa shape index (κ3) is 7.58. The topological polar surface area (TPSA) is 86.8 Å². The van der Waals surface area contributed by atoms with Crippen LogP contribution in [0.2, 0.25) is 5.02 Å². The first-order chi connectivity index (χ1) is 18.0. The molecule has 0 saturated heterocycles. The first-order valence-corrected chi connectivity index (χ1v) is 14.6. The van der Waals surface area contributed by atoms with Gasteiger partial charge in [0, 0.05) is 24.5 Å². The minimum absolute atomic E-state index is 0.0394. The molecule has 9 heteroatoms. The number of benzene rings is 3. The highest BCUT2D eigenvalue weighted by Crippen LogP contribution is 2.24. The SMILES string of the molecule is CCNC(=O)[C@H](Cc1ccccc1)N(Cc1ccccc1Cl)C(=O)CN(c1ccc(C)c(C)c1)S(C)(=O)=O. The largest absolute Gasteiger partial charge is 0.355 e. The van der Waals surface area contributed by atoms with E-state index >= 15 is 0 Å². The fourth-order valence-electron chi connectivity index (χ4n) is 4.15. The van der Waals surface area contributed by atoms with Gasteiger partial charge in [-0.3, -0.25) is 13.9 Å². The minimum atomic E-state index is -3.81. The van der Waals surface area contributed by atoms with Gasteiger partial charge in [-0.1, -0.05) is 66.2 Å². The summed E-state index contributed by atoms with van der Waals surface area (Å²) in [4.78, 5) is 28.7. The standard InChI is InChI=1S/C29H34ClN3O4S/c1-5-31-29(35)27(18-23-11-7-6-8-12-23)32(19-24-13-9-10-14-26(24)30)28(34)20-33(38(4,36)37)25-16-15-21(2)22(3)17-25/h6-17,27H,5,18-20H2,1-4H3,(H,31,35)/t27-/m0/s1. The monoisotopic (exact) mass is 555 g/mol. The summed E-state index contributed by atoms with van der Waals surface area (Å²) in [5, 5.41) is 3.29. The zero-order valence-corrected chi connectivity index (χ0v) is 23.7. The molecule has 0 spiro atoms. The lowest BCUT2D eigenvalue weighted by molar-refractivity contribution is -0.140. The number of sulfonamides is 1. The number of nitrogens with one attached hydrogen (secondary N) is 1.